The molecule has 3 rings (SSSR count). The van der Waals surface area contributed by atoms with Crippen LogP contribution in [0.3, 0.4) is 0 Å². The molecule has 0 amide bonds. The molecule has 1 saturated heterocycles. The fourth-order valence-corrected chi connectivity index (χ4v) is 4.57. The van der Waals surface area contributed by atoms with Crippen LogP contribution >= 0.6 is 0 Å². The summed E-state index contributed by atoms with van der Waals surface area (Å²) in [7, 11) is 0. The van der Waals surface area contributed by atoms with Gasteiger partial charge in [0.2, 0.25) is 0 Å². The van der Waals surface area contributed by atoms with Gasteiger partial charge in [0.05, 0.1) is 17.2 Å². The summed E-state index contributed by atoms with van der Waals surface area (Å²) in [6.07, 6.45) is -9.17. The molecule has 0 aromatic heterocycles. The van der Waals surface area contributed by atoms with Crippen molar-refractivity contribution < 1.29 is 40.6 Å². The summed E-state index contributed by atoms with van der Waals surface area (Å²) >= 11 is 0. The Morgan fingerprint density at radius 2 is 1.76 bits per heavy atom. The number of carbonyl (C=O) groups is 1. The number of halogens is 7. The summed E-state index contributed by atoms with van der Waals surface area (Å²) in [5.74, 6) is 3.08. The largest absolute Gasteiger partial charge is 0.481 e. The molecule has 1 N–H and O–H groups in total. The van der Waals surface area contributed by atoms with Crippen LogP contribution in [0.5, 0.6) is 0 Å². The zero-order valence-electron chi connectivity index (χ0n) is 19.8. The number of alkyl halides is 6. The number of hydrogen-bond acceptors (Lipinski definition) is 2. The molecule has 0 saturated carbocycles. The molecule has 10 heteroatoms. The smallest absolute Gasteiger partial charge is 0.416 e. The van der Waals surface area contributed by atoms with Gasteiger partial charge in [-0.25, -0.2) is 4.39 Å². The van der Waals surface area contributed by atoms with Gasteiger partial charge in [-0.2, -0.15) is 26.3 Å². The second-order valence-electron chi connectivity index (χ2n) is 9.04. The lowest BCUT2D eigenvalue weighted by Crippen LogP contribution is -2.40. The maximum atomic E-state index is 14.2. The first-order chi connectivity index (χ1) is 17.2. The molecule has 0 radical (unpaired) electrons. The summed E-state index contributed by atoms with van der Waals surface area (Å²) < 4.78 is 95.3. The number of allylic oxidation sites excluding steroid dienone is 1. The second-order valence-corrected chi connectivity index (χ2v) is 9.04. The van der Waals surface area contributed by atoms with E-state index in [0.717, 1.165) is 18.2 Å². The molecule has 3 nitrogen and oxygen atoms in total. The van der Waals surface area contributed by atoms with Crippen molar-refractivity contribution in [3.63, 3.8) is 0 Å². The van der Waals surface area contributed by atoms with E-state index in [1.54, 1.807) is 11.8 Å². The van der Waals surface area contributed by atoms with Gasteiger partial charge < -0.3 is 5.11 Å². The zero-order chi connectivity index (χ0) is 27.5. The highest BCUT2D eigenvalue weighted by Gasteiger charge is 2.40. The maximum absolute atomic E-state index is 14.2. The zero-order valence-corrected chi connectivity index (χ0v) is 19.8. The van der Waals surface area contributed by atoms with E-state index >= 15 is 0 Å². The van der Waals surface area contributed by atoms with Gasteiger partial charge in [-0.05, 0) is 72.7 Å². The van der Waals surface area contributed by atoms with Crippen molar-refractivity contribution >= 4 is 5.97 Å². The van der Waals surface area contributed by atoms with Crippen LogP contribution < -0.4 is 0 Å². The van der Waals surface area contributed by atoms with E-state index in [4.69, 9.17) is 0 Å². The Morgan fingerprint density at radius 3 is 2.30 bits per heavy atom. The Bertz CT molecular complexity index is 1210. The molecule has 1 heterocycles. The Morgan fingerprint density at radius 1 is 1.11 bits per heavy atom. The van der Waals surface area contributed by atoms with Gasteiger partial charge in [0.1, 0.15) is 5.82 Å². The van der Waals surface area contributed by atoms with Crippen LogP contribution in [0.4, 0.5) is 30.7 Å². The van der Waals surface area contributed by atoms with Crippen molar-refractivity contribution in [3.8, 4) is 11.8 Å². The Kier molecular flexibility index (Phi) is 8.38. The fraction of sp³-hybridized carbons (Fsp3) is 0.370. The number of nitrogens with zero attached hydrogens (tertiary/aromatic N) is 1. The van der Waals surface area contributed by atoms with Crippen LogP contribution in [-0.2, 0) is 17.1 Å². The number of likely N-dealkylation sites (tertiary alicyclic amines) is 1. The van der Waals surface area contributed by atoms with Crippen LogP contribution in [0.1, 0.15) is 60.5 Å². The highest BCUT2D eigenvalue weighted by molar-refractivity contribution is 5.67. The average Bonchev–Trinajstić information content (AvgIpc) is 2.78. The molecule has 0 aliphatic carbocycles. The number of hydrogen-bond donors (Lipinski definition) is 1. The van der Waals surface area contributed by atoms with Crippen LogP contribution in [0.25, 0.3) is 0 Å². The minimum Gasteiger partial charge on any atom is -0.481 e. The van der Waals surface area contributed by atoms with E-state index in [-0.39, 0.29) is 25.3 Å². The standard InChI is InChI=1S/C27H24F7NO2/c1-16(2)3-10-23(21-15-20(28)8-9-22(21)27(32,33)34)35-12-11-17(14-25(36)37)13-24(35)18-4-6-19(7-5-18)26(29,30)31/h4-9,15,17,23-24H,1,11-14H2,2H3,(H,36,37)/t17-,23-,24+/m0/s1. The lowest BCUT2D eigenvalue weighted by Gasteiger charge is -2.43. The van der Waals surface area contributed by atoms with Crippen LogP contribution in [0, 0.1) is 23.6 Å². The number of rotatable bonds is 5. The van der Waals surface area contributed by atoms with Crippen molar-refractivity contribution in [2.75, 3.05) is 6.54 Å². The third-order valence-corrected chi connectivity index (χ3v) is 6.21. The minimum atomic E-state index is -4.82. The fourth-order valence-electron chi connectivity index (χ4n) is 4.57. The average molecular weight is 527 g/mol. The number of piperidine rings is 1. The molecule has 0 spiro atoms. The van der Waals surface area contributed by atoms with Gasteiger partial charge in [-0.1, -0.05) is 30.6 Å². The second kappa shape index (κ2) is 11.0. The highest BCUT2D eigenvalue weighted by atomic mass is 19.4. The third-order valence-electron chi connectivity index (χ3n) is 6.21. The summed E-state index contributed by atoms with van der Waals surface area (Å²) in [5.41, 5.74) is -1.72. The third kappa shape index (κ3) is 7.13. The molecule has 198 valence electrons. The van der Waals surface area contributed by atoms with Gasteiger partial charge in [0.25, 0.3) is 0 Å². The Balaban J connectivity index is 2.16. The first-order valence-corrected chi connectivity index (χ1v) is 11.3. The topological polar surface area (TPSA) is 40.5 Å². The van der Waals surface area contributed by atoms with Gasteiger partial charge in [0, 0.05) is 19.0 Å². The molecule has 37 heavy (non-hydrogen) atoms. The summed E-state index contributed by atoms with van der Waals surface area (Å²) in [4.78, 5) is 12.9. The molecule has 1 fully saturated rings. The molecular weight excluding hydrogens is 503 g/mol. The van der Waals surface area contributed by atoms with E-state index in [9.17, 15) is 40.6 Å². The highest BCUT2D eigenvalue weighted by Crippen LogP contribution is 2.44. The van der Waals surface area contributed by atoms with E-state index < -0.39 is 52.9 Å². The summed E-state index contributed by atoms with van der Waals surface area (Å²) in [6, 6.07) is 4.21. The summed E-state index contributed by atoms with van der Waals surface area (Å²) in [6.45, 7) is 5.29. The molecule has 2 aromatic rings. The number of carboxylic acid groups (broad SMARTS) is 1. The van der Waals surface area contributed by atoms with Crippen LogP contribution in [0.15, 0.2) is 54.6 Å². The molecule has 1 aliphatic heterocycles. The minimum absolute atomic E-state index is 0.0903. The van der Waals surface area contributed by atoms with Crippen molar-refractivity contribution in [2.45, 2.75) is 50.6 Å². The monoisotopic (exact) mass is 527 g/mol. The Hall–Kier alpha value is -3.32. The number of aliphatic carboxylic acids is 1. The SMILES string of the molecule is C=C(C)C#C[C@@H](c1cc(F)ccc1C(F)(F)F)N1CC[C@H](CC(=O)O)C[C@@H]1c1ccc(C(F)(F)F)cc1. The van der Waals surface area contributed by atoms with E-state index in [1.165, 1.54) is 12.1 Å². The molecule has 1 aliphatic rings. The van der Waals surface area contributed by atoms with Crippen molar-refractivity contribution in [3.05, 3.63) is 82.7 Å². The number of benzene rings is 2. The first kappa shape index (κ1) is 28.3. The van der Waals surface area contributed by atoms with E-state index in [2.05, 4.69) is 18.4 Å². The van der Waals surface area contributed by atoms with Crippen molar-refractivity contribution in [1.82, 2.24) is 4.90 Å². The molecule has 2 aromatic carbocycles. The lowest BCUT2D eigenvalue weighted by atomic mass is 9.83. The van der Waals surface area contributed by atoms with Crippen molar-refractivity contribution in [2.24, 2.45) is 5.92 Å². The molecule has 3 atom stereocenters. The molecular formula is C27H24F7NO2. The van der Waals surface area contributed by atoms with Gasteiger partial charge in [-0.3, -0.25) is 9.69 Å². The number of carboxylic acids is 1. The molecule has 0 unspecified atom stereocenters. The van der Waals surface area contributed by atoms with Crippen molar-refractivity contribution in [1.29, 1.82) is 0 Å². The molecule has 0 bridgehead atoms. The van der Waals surface area contributed by atoms with E-state index in [1.807, 2.05) is 0 Å². The van der Waals surface area contributed by atoms with Crippen LogP contribution in [-0.4, -0.2) is 22.5 Å². The lowest BCUT2D eigenvalue weighted by molar-refractivity contribution is -0.140. The van der Waals surface area contributed by atoms with Crippen LogP contribution in [0.2, 0.25) is 0 Å². The van der Waals surface area contributed by atoms with Gasteiger partial charge >= 0.3 is 18.3 Å². The van der Waals surface area contributed by atoms with Gasteiger partial charge in [-0.15, -0.1) is 0 Å². The first-order valence-electron chi connectivity index (χ1n) is 11.3. The van der Waals surface area contributed by atoms with E-state index in [0.29, 0.717) is 29.7 Å². The normalized spacial score (nSPS) is 19.6. The maximum Gasteiger partial charge on any atom is 0.416 e. The predicted octanol–water partition coefficient (Wildman–Crippen LogP) is 7.41. The van der Waals surface area contributed by atoms with Gasteiger partial charge in [0.15, 0.2) is 0 Å². The Labute approximate surface area is 209 Å². The predicted molar refractivity (Wildman–Crippen MR) is 123 cm³/mol. The summed E-state index contributed by atoms with van der Waals surface area (Å²) in [5, 5.41) is 9.27. The quantitative estimate of drug-likeness (QED) is 0.325.